The first-order chi connectivity index (χ1) is 10.8. The number of fused-ring (bicyclic) bond motifs is 1. The van der Waals surface area contributed by atoms with Gasteiger partial charge >= 0.3 is 5.69 Å². The summed E-state index contributed by atoms with van der Waals surface area (Å²) >= 11 is 5.81. The summed E-state index contributed by atoms with van der Waals surface area (Å²) in [6, 6.07) is 10.1. The number of nitrogens with one attached hydrogen (secondary N) is 1. The molecule has 0 radical (unpaired) electrons. The Morgan fingerprint density at radius 3 is 2.35 bits per heavy atom. The molecule has 1 heterocycles. The number of benzene rings is 2. The Morgan fingerprint density at radius 2 is 1.70 bits per heavy atom. The monoisotopic (exact) mass is 350 g/mol. The van der Waals surface area contributed by atoms with Gasteiger partial charge in [0.25, 0.3) is 15.6 Å². The molecule has 0 fully saturated rings. The number of halogens is 1. The molecule has 1 N–H and O–H groups in total. The number of aromatic amines is 1. The molecule has 0 atom stereocenters. The molecule has 23 heavy (non-hydrogen) atoms. The van der Waals surface area contributed by atoms with Gasteiger partial charge in [0, 0.05) is 5.02 Å². The summed E-state index contributed by atoms with van der Waals surface area (Å²) in [6.07, 6.45) is 0. The van der Waals surface area contributed by atoms with Gasteiger partial charge in [-0.3, -0.25) is 4.79 Å². The van der Waals surface area contributed by atoms with Crippen LogP contribution in [0, 0.1) is 6.92 Å². The van der Waals surface area contributed by atoms with Crippen molar-refractivity contribution in [3.63, 3.8) is 0 Å². The van der Waals surface area contributed by atoms with Gasteiger partial charge in [-0.2, -0.15) is 0 Å². The molecule has 2 aromatic carbocycles. The number of nitrogens with zero attached hydrogens (tertiary/aromatic N) is 1. The summed E-state index contributed by atoms with van der Waals surface area (Å²) < 4.78 is 25.5. The van der Waals surface area contributed by atoms with E-state index >= 15 is 0 Å². The van der Waals surface area contributed by atoms with Crippen LogP contribution in [-0.4, -0.2) is 17.4 Å². The van der Waals surface area contributed by atoms with Crippen LogP contribution in [-0.2, 0) is 10.0 Å². The minimum absolute atomic E-state index is 0.0599. The van der Waals surface area contributed by atoms with E-state index in [-0.39, 0.29) is 19.8 Å². The van der Waals surface area contributed by atoms with Gasteiger partial charge in [-0.25, -0.2) is 13.2 Å². The molecule has 3 rings (SSSR count). The molecule has 0 unspecified atom stereocenters. The summed E-state index contributed by atoms with van der Waals surface area (Å²) in [5.41, 5.74) is -0.910. The fraction of sp³-hybridized carbons (Fsp3) is 0.0667. The molecule has 0 bridgehead atoms. The Morgan fingerprint density at radius 1 is 1.04 bits per heavy atom. The van der Waals surface area contributed by atoms with Crippen LogP contribution in [0.1, 0.15) is 5.56 Å². The van der Waals surface area contributed by atoms with E-state index in [4.69, 9.17) is 11.6 Å². The van der Waals surface area contributed by atoms with Crippen LogP contribution in [0.4, 0.5) is 0 Å². The van der Waals surface area contributed by atoms with Crippen LogP contribution in [0.5, 0.6) is 0 Å². The smallest absolute Gasteiger partial charge is 0.306 e. The summed E-state index contributed by atoms with van der Waals surface area (Å²) in [4.78, 5) is 26.8. The van der Waals surface area contributed by atoms with Crippen molar-refractivity contribution in [2.75, 3.05) is 0 Å². The number of H-pyrrole nitrogens is 1. The molecule has 0 aliphatic heterocycles. The summed E-state index contributed by atoms with van der Waals surface area (Å²) in [5.74, 6) is 0. The second-order valence-corrected chi connectivity index (χ2v) is 7.23. The second-order valence-electron chi connectivity index (χ2n) is 5.01. The number of hydrogen-bond donors (Lipinski definition) is 1. The van der Waals surface area contributed by atoms with Crippen molar-refractivity contribution < 1.29 is 8.42 Å². The largest absolute Gasteiger partial charge is 0.343 e. The van der Waals surface area contributed by atoms with Crippen molar-refractivity contribution in [1.29, 1.82) is 0 Å². The summed E-state index contributed by atoms with van der Waals surface area (Å²) in [6.45, 7) is 1.80. The minimum Gasteiger partial charge on any atom is -0.306 e. The van der Waals surface area contributed by atoms with E-state index in [2.05, 4.69) is 4.98 Å². The maximum atomic E-state index is 12.6. The first kappa shape index (κ1) is 15.5. The highest BCUT2D eigenvalue weighted by Crippen LogP contribution is 2.15. The Bertz CT molecular complexity index is 1130. The Hall–Kier alpha value is -2.38. The standard InChI is InChI=1S/C15H11ClN2O4S/c1-9-2-5-11(6-3-9)23(21,22)18-14(19)12-7-4-10(16)8-13(12)17-15(18)20/h2-8H,1H3,(H,17,20). The van der Waals surface area contributed by atoms with E-state index in [1.807, 2.05) is 0 Å². The van der Waals surface area contributed by atoms with E-state index in [1.54, 1.807) is 19.1 Å². The van der Waals surface area contributed by atoms with Gasteiger partial charge in [-0.15, -0.1) is 3.97 Å². The Kier molecular flexibility index (Phi) is 3.62. The molecular weight excluding hydrogens is 340 g/mol. The van der Waals surface area contributed by atoms with Crippen LogP contribution >= 0.6 is 11.6 Å². The van der Waals surface area contributed by atoms with Gasteiger partial charge in [0.2, 0.25) is 0 Å². The van der Waals surface area contributed by atoms with Gasteiger partial charge in [0.05, 0.1) is 15.8 Å². The normalized spacial score (nSPS) is 11.7. The number of rotatable bonds is 2. The van der Waals surface area contributed by atoms with Gasteiger partial charge in [-0.1, -0.05) is 29.3 Å². The van der Waals surface area contributed by atoms with Crippen molar-refractivity contribution in [3.05, 3.63) is 73.9 Å². The lowest BCUT2D eigenvalue weighted by Crippen LogP contribution is -2.39. The zero-order chi connectivity index (χ0) is 16.8. The zero-order valence-corrected chi connectivity index (χ0v) is 13.5. The molecule has 6 nitrogen and oxygen atoms in total. The Balaban J connectivity index is 2.36. The van der Waals surface area contributed by atoms with E-state index in [0.29, 0.717) is 5.02 Å². The first-order valence-electron chi connectivity index (χ1n) is 6.57. The number of hydrogen-bond acceptors (Lipinski definition) is 4. The summed E-state index contributed by atoms with van der Waals surface area (Å²) in [7, 11) is -4.29. The molecule has 118 valence electrons. The molecule has 0 aliphatic carbocycles. The number of aromatic nitrogens is 2. The SMILES string of the molecule is Cc1ccc(S(=O)(=O)n2c(=O)[nH]c3cc(Cl)ccc3c2=O)cc1. The van der Waals surface area contributed by atoms with Crippen molar-refractivity contribution in [2.45, 2.75) is 11.8 Å². The third kappa shape index (κ3) is 2.58. The third-order valence-corrected chi connectivity index (χ3v) is 5.30. The fourth-order valence-corrected chi connectivity index (χ4v) is 3.65. The topological polar surface area (TPSA) is 89.0 Å². The van der Waals surface area contributed by atoms with Crippen LogP contribution in [0.2, 0.25) is 5.02 Å². The van der Waals surface area contributed by atoms with Crippen LogP contribution < -0.4 is 11.2 Å². The average Bonchev–Trinajstić information content (AvgIpc) is 2.46. The highest BCUT2D eigenvalue weighted by atomic mass is 35.5. The van der Waals surface area contributed by atoms with E-state index in [1.165, 1.54) is 30.3 Å². The lowest BCUT2D eigenvalue weighted by molar-refractivity contribution is 0.582. The molecule has 0 aliphatic rings. The van der Waals surface area contributed by atoms with Crippen molar-refractivity contribution >= 4 is 32.5 Å². The molecule has 0 spiro atoms. The fourth-order valence-electron chi connectivity index (χ4n) is 2.21. The highest BCUT2D eigenvalue weighted by molar-refractivity contribution is 7.90. The van der Waals surface area contributed by atoms with E-state index < -0.39 is 21.3 Å². The van der Waals surface area contributed by atoms with Crippen molar-refractivity contribution in [1.82, 2.24) is 8.96 Å². The molecule has 1 aromatic heterocycles. The molecule has 3 aromatic rings. The maximum absolute atomic E-state index is 12.6. The number of aryl methyl sites for hydroxylation is 1. The quantitative estimate of drug-likeness (QED) is 0.764. The van der Waals surface area contributed by atoms with Crippen LogP contribution in [0.15, 0.2) is 56.9 Å². The lowest BCUT2D eigenvalue weighted by atomic mass is 10.2. The molecule has 0 saturated carbocycles. The molecular formula is C15H11ClN2O4S. The average molecular weight is 351 g/mol. The zero-order valence-electron chi connectivity index (χ0n) is 11.9. The molecule has 0 amide bonds. The van der Waals surface area contributed by atoms with Crippen molar-refractivity contribution in [3.8, 4) is 0 Å². The maximum Gasteiger partial charge on any atom is 0.343 e. The highest BCUT2D eigenvalue weighted by Gasteiger charge is 2.22. The predicted octanol–water partition coefficient (Wildman–Crippen LogP) is 1.89. The first-order valence-corrected chi connectivity index (χ1v) is 8.39. The third-order valence-electron chi connectivity index (χ3n) is 3.38. The van der Waals surface area contributed by atoms with Gasteiger partial charge in [-0.05, 0) is 37.3 Å². The van der Waals surface area contributed by atoms with E-state index in [0.717, 1.165) is 5.56 Å². The Labute approximate surface area is 136 Å². The van der Waals surface area contributed by atoms with E-state index in [9.17, 15) is 18.0 Å². The lowest BCUT2D eigenvalue weighted by Gasteiger charge is -2.08. The predicted molar refractivity (Wildman–Crippen MR) is 87.6 cm³/mol. The molecule has 0 saturated heterocycles. The molecule has 8 heteroatoms. The van der Waals surface area contributed by atoms with Gasteiger partial charge in [0.1, 0.15) is 0 Å². The van der Waals surface area contributed by atoms with Gasteiger partial charge in [0.15, 0.2) is 0 Å². The summed E-state index contributed by atoms with van der Waals surface area (Å²) in [5, 5.41) is 0.386. The minimum atomic E-state index is -4.29. The second kappa shape index (κ2) is 5.36. The van der Waals surface area contributed by atoms with Crippen LogP contribution in [0.3, 0.4) is 0 Å². The van der Waals surface area contributed by atoms with Crippen LogP contribution in [0.25, 0.3) is 10.9 Å². The van der Waals surface area contributed by atoms with Gasteiger partial charge < -0.3 is 4.98 Å². The van der Waals surface area contributed by atoms with Crippen molar-refractivity contribution in [2.24, 2.45) is 0 Å².